The lowest BCUT2D eigenvalue weighted by molar-refractivity contribution is -0.192. The maximum Gasteiger partial charge on any atom is 0.490 e. The number of hydrogen-bond donors (Lipinski definition) is 2. The Bertz CT molecular complexity index is 857. The van der Waals surface area contributed by atoms with E-state index in [1.54, 1.807) is 17.6 Å². The van der Waals surface area contributed by atoms with Gasteiger partial charge >= 0.3 is 12.1 Å². The van der Waals surface area contributed by atoms with Crippen molar-refractivity contribution in [2.75, 3.05) is 26.3 Å². The van der Waals surface area contributed by atoms with Crippen LogP contribution >= 0.6 is 11.3 Å². The number of likely N-dealkylation sites (tertiary alicyclic amines) is 1. The number of alkyl halides is 3. The van der Waals surface area contributed by atoms with Crippen molar-refractivity contribution in [3.8, 4) is 0 Å². The predicted octanol–water partition coefficient (Wildman–Crippen LogP) is 3.13. The SMILES string of the molecule is O=C(C[C@]12COC[C@H]1CN(Cc1cccs1)C2)NCc1ccco1.O=C(O)C(F)(F)F. The van der Waals surface area contributed by atoms with Crippen LogP contribution in [0.3, 0.4) is 0 Å². The first-order chi connectivity index (χ1) is 14.7. The van der Waals surface area contributed by atoms with E-state index < -0.39 is 12.1 Å². The number of hydrogen-bond acceptors (Lipinski definition) is 6. The van der Waals surface area contributed by atoms with Crippen LogP contribution in [0.25, 0.3) is 0 Å². The molecule has 0 aliphatic carbocycles. The van der Waals surface area contributed by atoms with Gasteiger partial charge in [0.25, 0.3) is 0 Å². The first-order valence-corrected chi connectivity index (χ1v) is 10.5. The Kier molecular flexibility index (Phi) is 7.39. The number of nitrogens with one attached hydrogen (secondary N) is 1. The minimum Gasteiger partial charge on any atom is -0.475 e. The number of halogens is 3. The Labute approximate surface area is 180 Å². The van der Waals surface area contributed by atoms with E-state index in [0.717, 1.165) is 32.0 Å². The quantitative estimate of drug-likeness (QED) is 0.688. The molecule has 170 valence electrons. The molecule has 31 heavy (non-hydrogen) atoms. The van der Waals surface area contributed by atoms with Crippen molar-refractivity contribution in [2.45, 2.75) is 25.7 Å². The lowest BCUT2D eigenvalue weighted by Gasteiger charge is -2.26. The Hall–Kier alpha value is -2.37. The van der Waals surface area contributed by atoms with E-state index in [4.69, 9.17) is 19.1 Å². The summed E-state index contributed by atoms with van der Waals surface area (Å²) in [5, 5.41) is 12.2. The summed E-state index contributed by atoms with van der Waals surface area (Å²) < 4.78 is 42.7. The highest BCUT2D eigenvalue weighted by Gasteiger charge is 2.51. The smallest absolute Gasteiger partial charge is 0.475 e. The minimum absolute atomic E-state index is 0.0372. The number of carboxylic acids is 1. The number of thiophene rings is 1. The Morgan fingerprint density at radius 1 is 1.32 bits per heavy atom. The molecule has 2 aliphatic rings. The molecular weight excluding hydrogens is 437 g/mol. The molecule has 0 unspecified atom stereocenters. The molecule has 0 bridgehead atoms. The number of furan rings is 1. The van der Waals surface area contributed by atoms with E-state index in [-0.39, 0.29) is 11.3 Å². The summed E-state index contributed by atoms with van der Waals surface area (Å²) >= 11 is 1.79. The van der Waals surface area contributed by atoms with Gasteiger partial charge in [-0.25, -0.2) is 4.79 Å². The van der Waals surface area contributed by atoms with Crippen molar-refractivity contribution in [3.63, 3.8) is 0 Å². The number of aliphatic carboxylic acids is 1. The maximum absolute atomic E-state index is 12.4. The van der Waals surface area contributed by atoms with E-state index in [0.29, 0.717) is 25.5 Å². The number of rotatable bonds is 6. The first-order valence-electron chi connectivity index (χ1n) is 9.60. The number of ether oxygens (including phenoxy) is 1. The average molecular weight is 460 g/mol. The average Bonchev–Trinajstić information content (AvgIpc) is 3.45. The molecule has 0 saturated carbocycles. The zero-order valence-corrected chi connectivity index (χ0v) is 17.4. The molecule has 0 radical (unpaired) electrons. The zero-order valence-electron chi connectivity index (χ0n) is 16.6. The molecule has 2 N–H and O–H groups in total. The molecule has 2 aromatic heterocycles. The summed E-state index contributed by atoms with van der Waals surface area (Å²) in [6.45, 7) is 4.84. The number of fused-ring (bicyclic) bond motifs is 1. The van der Waals surface area contributed by atoms with Crippen molar-refractivity contribution in [1.82, 2.24) is 10.2 Å². The van der Waals surface area contributed by atoms with Crippen molar-refractivity contribution in [3.05, 3.63) is 46.5 Å². The summed E-state index contributed by atoms with van der Waals surface area (Å²) in [6, 6.07) is 7.98. The third-order valence-corrected chi connectivity index (χ3v) is 6.21. The van der Waals surface area contributed by atoms with Gasteiger partial charge in [-0.2, -0.15) is 13.2 Å². The van der Waals surface area contributed by atoms with Gasteiger partial charge in [0, 0.05) is 42.3 Å². The fourth-order valence-corrected chi connectivity index (χ4v) is 4.66. The van der Waals surface area contributed by atoms with Crippen LogP contribution in [0, 0.1) is 11.3 Å². The van der Waals surface area contributed by atoms with E-state index in [2.05, 4.69) is 27.7 Å². The van der Waals surface area contributed by atoms with E-state index in [9.17, 15) is 18.0 Å². The molecule has 4 heterocycles. The van der Waals surface area contributed by atoms with Crippen LogP contribution in [-0.2, 0) is 27.4 Å². The fourth-order valence-electron chi connectivity index (χ4n) is 3.92. The van der Waals surface area contributed by atoms with Crippen LogP contribution in [0.15, 0.2) is 40.3 Å². The van der Waals surface area contributed by atoms with Gasteiger partial charge in [0.05, 0.1) is 26.0 Å². The molecule has 2 saturated heterocycles. The molecule has 4 rings (SSSR count). The highest BCUT2D eigenvalue weighted by atomic mass is 32.1. The molecule has 11 heteroatoms. The van der Waals surface area contributed by atoms with Gasteiger partial charge in [-0.15, -0.1) is 11.3 Å². The third kappa shape index (κ3) is 6.31. The first kappa shape index (κ1) is 23.3. The normalized spacial score (nSPS) is 23.1. The topological polar surface area (TPSA) is 92.0 Å². The van der Waals surface area contributed by atoms with Gasteiger partial charge in [0.1, 0.15) is 5.76 Å². The summed E-state index contributed by atoms with van der Waals surface area (Å²) in [6.07, 6.45) is -2.93. The standard InChI is InChI=1S/C18H22N2O3S.C2HF3O2/c21-17(19-8-15-3-1-5-23-15)7-18-12-20(9-14(18)11-22-13-18)10-16-4-2-6-24-16;3-2(4,5)1(6)7/h1-6,14H,7-13H2,(H,19,21);(H,6,7)/t14-,18+;/m1./s1. The second-order valence-corrected chi connectivity index (χ2v) is 8.69. The maximum atomic E-state index is 12.4. The van der Waals surface area contributed by atoms with Gasteiger partial charge < -0.3 is 19.6 Å². The van der Waals surface area contributed by atoms with Crippen molar-refractivity contribution in [2.24, 2.45) is 11.3 Å². The molecule has 2 atom stereocenters. The number of carboxylic acid groups (broad SMARTS) is 1. The van der Waals surface area contributed by atoms with Crippen LogP contribution in [0.5, 0.6) is 0 Å². The lowest BCUT2D eigenvalue weighted by atomic mass is 9.78. The zero-order chi connectivity index (χ0) is 22.5. The van der Waals surface area contributed by atoms with E-state index in [1.807, 2.05) is 12.1 Å². The van der Waals surface area contributed by atoms with Crippen molar-refractivity contribution >= 4 is 23.2 Å². The van der Waals surface area contributed by atoms with Gasteiger partial charge in [-0.05, 0) is 23.6 Å². The molecule has 2 fully saturated rings. The van der Waals surface area contributed by atoms with Gasteiger partial charge in [-0.1, -0.05) is 6.07 Å². The third-order valence-electron chi connectivity index (χ3n) is 5.35. The highest BCUT2D eigenvalue weighted by Crippen LogP contribution is 2.44. The summed E-state index contributed by atoms with van der Waals surface area (Å²) in [4.78, 5) is 25.2. The van der Waals surface area contributed by atoms with Crippen LogP contribution in [0.2, 0.25) is 0 Å². The Morgan fingerprint density at radius 2 is 2.10 bits per heavy atom. The Morgan fingerprint density at radius 3 is 2.71 bits per heavy atom. The van der Waals surface area contributed by atoms with Crippen LogP contribution in [0.4, 0.5) is 13.2 Å². The second kappa shape index (κ2) is 9.84. The predicted molar refractivity (Wildman–Crippen MR) is 105 cm³/mol. The number of amides is 1. The van der Waals surface area contributed by atoms with E-state index in [1.165, 1.54) is 4.88 Å². The van der Waals surface area contributed by atoms with Crippen LogP contribution in [-0.4, -0.2) is 54.4 Å². The molecule has 7 nitrogen and oxygen atoms in total. The molecule has 0 spiro atoms. The van der Waals surface area contributed by atoms with Crippen LogP contribution in [0.1, 0.15) is 17.1 Å². The summed E-state index contributed by atoms with van der Waals surface area (Å²) in [7, 11) is 0. The molecular formula is C20H23F3N2O5S. The molecule has 2 aromatic rings. The molecule has 2 aliphatic heterocycles. The Balaban J connectivity index is 0.000000339. The van der Waals surface area contributed by atoms with Crippen LogP contribution < -0.4 is 5.32 Å². The molecule has 1 amide bonds. The van der Waals surface area contributed by atoms with Crippen molar-refractivity contribution < 1.29 is 37.0 Å². The second-order valence-electron chi connectivity index (χ2n) is 7.66. The largest absolute Gasteiger partial charge is 0.490 e. The van der Waals surface area contributed by atoms with Gasteiger partial charge in [0.2, 0.25) is 5.91 Å². The van der Waals surface area contributed by atoms with Gasteiger partial charge in [0.15, 0.2) is 0 Å². The highest BCUT2D eigenvalue weighted by molar-refractivity contribution is 7.09. The van der Waals surface area contributed by atoms with Gasteiger partial charge in [-0.3, -0.25) is 9.69 Å². The fraction of sp³-hybridized carbons (Fsp3) is 0.500. The monoisotopic (exact) mass is 460 g/mol. The number of carbonyl (C=O) groups excluding carboxylic acids is 1. The lowest BCUT2D eigenvalue weighted by Crippen LogP contribution is -2.37. The summed E-state index contributed by atoms with van der Waals surface area (Å²) in [5.74, 6) is -1.44. The summed E-state index contributed by atoms with van der Waals surface area (Å²) in [5.41, 5.74) is -0.0372. The van der Waals surface area contributed by atoms with E-state index >= 15 is 0 Å². The minimum atomic E-state index is -5.08. The number of nitrogens with zero attached hydrogens (tertiary/aromatic N) is 1. The van der Waals surface area contributed by atoms with Crippen molar-refractivity contribution in [1.29, 1.82) is 0 Å². The number of carbonyl (C=O) groups is 2. The molecule has 0 aromatic carbocycles.